The minimum absolute atomic E-state index is 0.0254. The molecule has 2 aromatic carbocycles. The number of oxime groups is 1. The average molecular weight is 298 g/mol. The molecule has 0 aliphatic carbocycles. The summed E-state index contributed by atoms with van der Waals surface area (Å²) >= 11 is 0.786. The van der Waals surface area contributed by atoms with Gasteiger partial charge in [-0.05, 0) is 30.3 Å². The van der Waals surface area contributed by atoms with Crippen LogP contribution < -0.4 is 5.73 Å². The van der Waals surface area contributed by atoms with Crippen LogP contribution in [0.2, 0.25) is 0 Å². The lowest BCUT2D eigenvalue weighted by Gasteiger charge is -2.09. The molecule has 104 valence electrons. The van der Waals surface area contributed by atoms with E-state index in [4.69, 9.17) is 10.9 Å². The molecule has 3 nitrogen and oxygen atoms in total. The molecule has 7 heteroatoms. The quantitative estimate of drug-likeness (QED) is 0.395. The molecule has 0 fully saturated rings. The van der Waals surface area contributed by atoms with Crippen molar-refractivity contribution in [3.05, 3.63) is 59.4 Å². The van der Waals surface area contributed by atoms with Crippen molar-refractivity contribution in [3.63, 3.8) is 0 Å². The van der Waals surface area contributed by atoms with Gasteiger partial charge in [-0.3, -0.25) is 0 Å². The van der Waals surface area contributed by atoms with Crippen molar-refractivity contribution in [1.29, 1.82) is 0 Å². The predicted molar refractivity (Wildman–Crippen MR) is 69.4 cm³/mol. The fourth-order valence-corrected chi connectivity index (χ4v) is 2.59. The van der Waals surface area contributed by atoms with E-state index in [0.29, 0.717) is 0 Å². The Morgan fingerprint density at radius 1 is 1.05 bits per heavy atom. The van der Waals surface area contributed by atoms with Gasteiger partial charge in [0.1, 0.15) is 17.5 Å². The zero-order valence-electron chi connectivity index (χ0n) is 9.98. The van der Waals surface area contributed by atoms with Gasteiger partial charge in [-0.15, -0.1) is 0 Å². The second-order valence-electron chi connectivity index (χ2n) is 3.78. The Balaban J connectivity index is 2.49. The Morgan fingerprint density at radius 2 is 1.80 bits per heavy atom. The van der Waals surface area contributed by atoms with Crippen molar-refractivity contribution in [2.24, 2.45) is 10.9 Å². The van der Waals surface area contributed by atoms with Gasteiger partial charge in [0.15, 0.2) is 5.84 Å². The van der Waals surface area contributed by atoms with Gasteiger partial charge in [-0.2, -0.15) is 0 Å². The summed E-state index contributed by atoms with van der Waals surface area (Å²) < 4.78 is 40.4. The van der Waals surface area contributed by atoms with Gasteiger partial charge in [0, 0.05) is 4.90 Å². The number of amidine groups is 1. The number of hydrogen-bond donors (Lipinski definition) is 2. The van der Waals surface area contributed by atoms with Gasteiger partial charge < -0.3 is 10.9 Å². The normalized spacial score (nSPS) is 11.7. The summed E-state index contributed by atoms with van der Waals surface area (Å²) in [5.41, 5.74) is 5.23. The van der Waals surface area contributed by atoms with Crippen LogP contribution in [-0.2, 0) is 0 Å². The molecule has 0 aliphatic heterocycles. The second-order valence-corrected chi connectivity index (χ2v) is 4.86. The molecule has 0 heterocycles. The van der Waals surface area contributed by atoms with Crippen LogP contribution in [0.5, 0.6) is 0 Å². The van der Waals surface area contributed by atoms with E-state index in [1.165, 1.54) is 12.1 Å². The van der Waals surface area contributed by atoms with E-state index in [1.807, 2.05) is 0 Å². The Kier molecular flexibility index (Phi) is 4.19. The molecule has 2 aromatic rings. The zero-order valence-corrected chi connectivity index (χ0v) is 10.8. The molecule has 0 bridgehead atoms. The summed E-state index contributed by atoms with van der Waals surface area (Å²) in [6, 6.07) is 6.92. The topological polar surface area (TPSA) is 58.6 Å². The molecule has 0 unspecified atom stereocenters. The van der Waals surface area contributed by atoms with Crippen LogP contribution in [-0.4, -0.2) is 11.0 Å². The summed E-state index contributed by atoms with van der Waals surface area (Å²) in [6.45, 7) is 0. The standard InChI is InChI=1S/C13H9F3N2OS/c14-7-4-5-8(15)11(6-7)20-10-3-1-2-9(16)12(10)13(17)18-19/h1-6,19H,(H2,17,18). The largest absolute Gasteiger partial charge is 0.409 e. The first-order chi connectivity index (χ1) is 9.52. The third kappa shape index (κ3) is 2.88. The lowest BCUT2D eigenvalue weighted by atomic mass is 10.2. The van der Waals surface area contributed by atoms with Crippen LogP contribution in [0.4, 0.5) is 13.2 Å². The Labute approximate surface area is 116 Å². The second kappa shape index (κ2) is 5.87. The van der Waals surface area contributed by atoms with Gasteiger partial charge in [0.25, 0.3) is 0 Å². The number of nitrogens with zero attached hydrogens (tertiary/aromatic N) is 1. The van der Waals surface area contributed by atoms with E-state index in [9.17, 15) is 13.2 Å². The molecule has 20 heavy (non-hydrogen) atoms. The Morgan fingerprint density at radius 3 is 2.50 bits per heavy atom. The van der Waals surface area contributed by atoms with Crippen LogP contribution in [0.25, 0.3) is 0 Å². The molecule has 0 radical (unpaired) electrons. The summed E-state index contributed by atoms with van der Waals surface area (Å²) in [5, 5.41) is 11.4. The van der Waals surface area contributed by atoms with E-state index in [-0.39, 0.29) is 15.4 Å². The van der Waals surface area contributed by atoms with Gasteiger partial charge in [-0.1, -0.05) is 23.0 Å². The highest BCUT2D eigenvalue weighted by Gasteiger charge is 2.15. The van der Waals surface area contributed by atoms with Crippen molar-refractivity contribution >= 4 is 17.6 Å². The van der Waals surface area contributed by atoms with Crippen LogP contribution in [0, 0.1) is 17.5 Å². The van der Waals surface area contributed by atoms with E-state index in [0.717, 1.165) is 36.0 Å². The highest BCUT2D eigenvalue weighted by molar-refractivity contribution is 7.99. The van der Waals surface area contributed by atoms with Crippen LogP contribution >= 0.6 is 11.8 Å². The highest BCUT2D eigenvalue weighted by Crippen LogP contribution is 2.33. The summed E-state index contributed by atoms with van der Waals surface area (Å²) in [5.74, 6) is -2.42. The number of benzene rings is 2. The predicted octanol–water partition coefficient (Wildman–Crippen LogP) is 3.35. The molecular weight excluding hydrogens is 289 g/mol. The summed E-state index contributed by atoms with van der Waals surface area (Å²) in [7, 11) is 0. The smallest absolute Gasteiger partial charge is 0.174 e. The van der Waals surface area contributed by atoms with Crippen molar-refractivity contribution < 1.29 is 18.4 Å². The Hall–Kier alpha value is -2.15. The molecule has 0 aromatic heterocycles. The first-order valence-electron chi connectivity index (χ1n) is 5.42. The first kappa shape index (κ1) is 14.3. The lowest BCUT2D eigenvalue weighted by molar-refractivity contribution is 0.318. The molecule has 0 atom stereocenters. The molecular formula is C13H9F3N2OS. The zero-order chi connectivity index (χ0) is 14.7. The molecule has 0 saturated carbocycles. The summed E-state index contributed by atoms with van der Waals surface area (Å²) in [4.78, 5) is 0.187. The van der Waals surface area contributed by atoms with Crippen LogP contribution in [0.3, 0.4) is 0 Å². The van der Waals surface area contributed by atoms with Gasteiger partial charge in [-0.25, -0.2) is 13.2 Å². The highest BCUT2D eigenvalue weighted by atomic mass is 32.2. The van der Waals surface area contributed by atoms with E-state index >= 15 is 0 Å². The molecule has 3 N–H and O–H groups in total. The summed E-state index contributed by atoms with van der Waals surface area (Å²) in [6.07, 6.45) is 0. The van der Waals surface area contributed by atoms with Crippen molar-refractivity contribution in [2.75, 3.05) is 0 Å². The van der Waals surface area contributed by atoms with Crippen LogP contribution in [0.15, 0.2) is 51.3 Å². The fourth-order valence-electron chi connectivity index (χ4n) is 1.56. The third-order valence-corrected chi connectivity index (χ3v) is 3.55. The molecule has 0 aliphatic rings. The number of nitrogens with two attached hydrogens (primary N) is 1. The monoisotopic (exact) mass is 298 g/mol. The van der Waals surface area contributed by atoms with Gasteiger partial charge in [0.2, 0.25) is 0 Å². The molecule has 0 saturated heterocycles. The minimum atomic E-state index is -0.720. The Bertz CT molecular complexity index is 677. The number of halogens is 3. The van der Waals surface area contributed by atoms with Gasteiger partial charge in [0.05, 0.1) is 10.5 Å². The van der Waals surface area contributed by atoms with Crippen LogP contribution in [0.1, 0.15) is 5.56 Å². The maximum absolute atomic E-state index is 13.7. The van der Waals surface area contributed by atoms with E-state index in [2.05, 4.69) is 5.16 Å². The number of hydrogen-bond acceptors (Lipinski definition) is 3. The number of rotatable bonds is 3. The van der Waals surface area contributed by atoms with Crippen molar-refractivity contribution in [2.45, 2.75) is 9.79 Å². The fraction of sp³-hybridized carbons (Fsp3) is 0. The molecule has 0 spiro atoms. The van der Waals surface area contributed by atoms with E-state index < -0.39 is 23.3 Å². The van der Waals surface area contributed by atoms with Crippen molar-refractivity contribution in [3.8, 4) is 0 Å². The SMILES string of the molecule is NC(=NO)c1c(F)cccc1Sc1cc(F)ccc1F. The van der Waals surface area contributed by atoms with E-state index in [1.54, 1.807) is 0 Å². The van der Waals surface area contributed by atoms with Crippen molar-refractivity contribution in [1.82, 2.24) is 0 Å². The lowest BCUT2D eigenvalue weighted by Crippen LogP contribution is -2.16. The minimum Gasteiger partial charge on any atom is -0.409 e. The third-order valence-electron chi connectivity index (χ3n) is 2.45. The molecule has 2 rings (SSSR count). The maximum atomic E-state index is 13.7. The molecule has 0 amide bonds. The first-order valence-corrected chi connectivity index (χ1v) is 6.24. The van der Waals surface area contributed by atoms with Gasteiger partial charge >= 0.3 is 0 Å². The maximum Gasteiger partial charge on any atom is 0.174 e. The average Bonchev–Trinajstić information content (AvgIpc) is 2.42.